The zero-order valence-electron chi connectivity index (χ0n) is 11.7. The van der Waals surface area contributed by atoms with Crippen LogP contribution in [0.5, 0.6) is 0 Å². The minimum absolute atomic E-state index is 0.0388. The SMILES string of the molecule is CCOC1CC(N)(C(=O)NCc2ccco2)C1(C)C. The van der Waals surface area contributed by atoms with E-state index < -0.39 is 5.54 Å². The van der Waals surface area contributed by atoms with Crippen molar-refractivity contribution in [2.24, 2.45) is 11.1 Å². The van der Waals surface area contributed by atoms with Gasteiger partial charge in [0.25, 0.3) is 0 Å². The molecule has 0 radical (unpaired) electrons. The number of hydrogen-bond acceptors (Lipinski definition) is 4. The first-order chi connectivity index (χ1) is 8.91. The first kappa shape index (κ1) is 14.1. The summed E-state index contributed by atoms with van der Waals surface area (Å²) < 4.78 is 10.8. The number of rotatable bonds is 5. The van der Waals surface area contributed by atoms with Crippen LogP contribution in [0.1, 0.15) is 33.0 Å². The number of nitrogens with one attached hydrogen (secondary N) is 1. The van der Waals surface area contributed by atoms with Crippen LogP contribution in [-0.4, -0.2) is 24.2 Å². The van der Waals surface area contributed by atoms with Crippen molar-refractivity contribution in [2.45, 2.75) is 45.4 Å². The summed E-state index contributed by atoms with van der Waals surface area (Å²) in [6.45, 7) is 6.90. The van der Waals surface area contributed by atoms with Gasteiger partial charge in [-0.1, -0.05) is 13.8 Å². The van der Waals surface area contributed by atoms with Crippen LogP contribution in [0.2, 0.25) is 0 Å². The minimum atomic E-state index is -0.876. The summed E-state index contributed by atoms with van der Waals surface area (Å²) in [4.78, 5) is 12.3. The Balaban J connectivity index is 1.95. The molecule has 19 heavy (non-hydrogen) atoms. The summed E-state index contributed by atoms with van der Waals surface area (Å²) in [6, 6.07) is 3.61. The Labute approximate surface area is 113 Å². The second kappa shape index (κ2) is 4.98. The van der Waals surface area contributed by atoms with Crippen molar-refractivity contribution in [2.75, 3.05) is 6.61 Å². The first-order valence-corrected chi connectivity index (χ1v) is 6.63. The van der Waals surface area contributed by atoms with Crippen molar-refractivity contribution >= 4 is 5.91 Å². The van der Waals surface area contributed by atoms with Crippen LogP contribution in [0.4, 0.5) is 0 Å². The van der Waals surface area contributed by atoms with Gasteiger partial charge in [0.2, 0.25) is 5.91 Å². The lowest BCUT2D eigenvalue weighted by atomic mass is 9.54. The molecule has 0 spiro atoms. The van der Waals surface area contributed by atoms with E-state index in [1.165, 1.54) is 0 Å². The molecule has 1 fully saturated rings. The van der Waals surface area contributed by atoms with Gasteiger partial charge in [0.1, 0.15) is 11.3 Å². The van der Waals surface area contributed by atoms with Gasteiger partial charge in [0.15, 0.2) is 0 Å². The number of nitrogens with two attached hydrogens (primary N) is 1. The van der Waals surface area contributed by atoms with E-state index in [1.807, 2.05) is 26.8 Å². The van der Waals surface area contributed by atoms with Gasteiger partial charge in [-0.3, -0.25) is 4.79 Å². The molecule has 2 atom stereocenters. The van der Waals surface area contributed by atoms with Crippen molar-refractivity contribution < 1.29 is 13.9 Å². The number of furan rings is 1. The average Bonchev–Trinajstić information content (AvgIpc) is 2.88. The molecule has 1 amide bonds. The van der Waals surface area contributed by atoms with Crippen molar-refractivity contribution in [1.82, 2.24) is 5.32 Å². The van der Waals surface area contributed by atoms with Crippen LogP contribution in [0.15, 0.2) is 22.8 Å². The Morgan fingerprint density at radius 1 is 1.63 bits per heavy atom. The molecule has 3 N–H and O–H groups in total. The molecule has 5 heteroatoms. The topological polar surface area (TPSA) is 77.5 Å². The Kier molecular flexibility index (Phi) is 3.69. The lowest BCUT2D eigenvalue weighted by molar-refractivity contribution is -0.170. The molecule has 2 unspecified atom stereocenters. The average molecular weight is 266 g/mol. The number of carbonyl (C=O) groups excluding carboxylic acids is 1. The third-order valence-corrected chi connectivity index (χ3v) is 4.24. The van der Waals surface area contributed by atoms with Crippen molar-refractivity contribution in [3.05, 3.63) is 24.2 Å². The lowest BCUT2D eigenvalue weighted by Gasteiger charge is -2.57. The molecule has 5 nitrogen and oxygen atoms in total. The fourth-order valence-corrected chi connectivity index (χ4v) is 2.56. The largest absolute Gasteiger partial charge is 0.467 e. The van der Waals surface area contributed by atoms with E-state index in [1.54, 1.807) is 12.3 Å². The molecule has 0 bridgehead atoms. The maximum atomic E-state index is 12.3. The van der Waals surface area contributed by atoms with Gasteiger partial charge < -0.3 is 20.2 Å². The molecule has 2 rings (SSSR count). The zero-order valence-corrected chi connectivity index (χ0v) is 11.7. The summed E-state index contributed by atoms with van der Waals surface area (Å²) in [5.41, 5.74) is 5.02. The molecule has 1 heterocycles. The van der Waals surface area contributed by atoms with Crippen LogP contribution in [0.3, 0.4) is 0 Å². The third-order valence-electron chi connectivity index (χ3n) is 4.24. The van der Waals surface area contributed by atoms with E-state index in [0.29, 0.717) is 19.6 Å². The Morgan fingerprint density at radius 3 is 2.89 bits per heavy atom. The summed E-state index contributed by atoms with van der Waals surface area (Å²) in [5, 5.41) is 2.83. The first-order valence-electron chi connectivity index (χ1n) is 6.63. The predicted octanol–water partition coefficient (Wildman–Crippen LogP) is 1.43. The fourth-order valence-electron chi connectivity index (χ4n) is 2.56. The molecule has 0 aliphatic heterocycles. The van der Waals surface area contributed by atoms with Gasteiger partial charge in [0, 0.05) is 18.4 Å². The number of hydrogen-bond donors (Lipinski definition) is 2. The number of amides is 1. The van der Waals surface area contributed by atoms with Crippen molar-refractivity contribution in [1.29, 1.82) is 0 Å². The molecule has 1 saturated carbocycles. The maximum Gasteiger partial charge on any atom is 0.241 e. The quantitative estimate of drug-likeness (QED) is 0.845. The van der Waals surface area contributed by atoms with E-state index in [9.17, 15) is 4.79 Å². The van der Waals surface area contributed by atoms with Gasteiger partial charge in [0.05, 0.1) is 18.9 Å². The molecule has 0 saturated heterocycles. The highest BCUT2D eigenvalue weighted by Gasteiger charge is 2.62. The lowest BCUT2D eigenvalue weighted by Crippen LogP contribution is -2.75. The third kappa shape index (κ3) is 2.28. The van der Waals surface area contributed by atoms with Crippen molar-refractivity contribution in [3.63, 3.8) is 0 Å². The summed E-state index contributed by atoms with van der Waals surface area (Å²) >= 11 is 0. The highest BCUT2D eigenvalue weighted by Crippen LogP contribution is 2.49. The maximum absolute atomic E-state index is 12.3. The number of carbonyl (C=O) groups is 1. The second-order valence-corrected chi connectivity index (χ2v) is 5.60. The van der Waals surface area contributed by atoms with E-state index >= 15 is 0 Å². The van der Waals surface area contributed by atoms with Gasteiger partial charge in [-0.2, -0.15) is 0 Å². The van der Waals surface area contributed by atoms with Crippen LogP contribution in [-0.2, 0) is 16.1 Å². The molecular formula is C14H22N2O3. The van der Waals surface area contributed by atoms with Gasteiger partial charge in [-0.25, -0.2) is 0 Å². The van der Waals surface area contributed by atoms with E-state index in [-0.39, 0.29) is 17.4 Å². The van der Waals surface area contributed by atoms with Crippen LogP contribution >= 0.6 is 0 Å². The molecule has 1 aromatic rings. The molecular weight excluding hydrogens is 244 g/mol. The molecule has 1 aromatic heterocycles. The van der Waals surface area contributed by atoms with E-state index in [4.69, 9.17) is 14.9 Å². The van der Waals surface area contributed by atoms with Crippen LogP contribution in [0, 0.1) is 5.41 Å². The Morgan fingerprint density at radius 2 is 2.37 bits per heavy atom. The smallest absolute Gasteiger partial charge is 0.241 e. The molecule has 1 aliphatic carbocycles. The summed E-state index contributed by atoms with van der Waals surface area (Å²) in [6.07, 6.45) is 2.17. The van der Waals surface area contributed by atoms with Gasteiger partial charge in [-0.05, 0) is 19.1 Å². The minimum Gasteiger partial charge on any atom is -0.467 e. The standard InChI is InChI=1S/C14H22N2O3/c1-4-18-11-8-14(15,13(11,2)3)12(17)16-9-10-6-5-7-19-10/h5-7,11H,4,8-9,15H2,1-3H3,(H,16,17). The molecule has 106 valence electrons. The zero-order chi connectivity index (χ0) is 14.1. The van der Waals surface area contributed by atoms with Gasteiger partial charge in [-0.15, -0.1) is 0 Å². The second-order valence-electron chi connectivity index (χ2n) is 5.60. The molecule has 0 aromatic carbocycles. The fraction of sp³-hybridized carbons (Fsp3) is 0.643. The Bertz CT molecular complexity index is 442. The summed E-state index contributed by atoms with van der Waals surface area (Å²) in [7, 11) is 0. The molecule has 1 aliphatic rings. The normalized spacial score (nSPS) is 28.7. The van der Waals surface area contributed by atoms with Crippen molar-refractivity contribution in [3.8, 4) is 0 Å². The highest BCUT2D eigenvalue weighted by atomic mass is 16.5. The summed E-state index contributed by atoms with van der Waals surface area (Å²) in [5.74, 6) is 0.570. The predicted molar refractivity (Wildman–Crippen MR) is 71.3 cm³/mol. The highest BCUT2D eigenvalue weighted by molar-refractivity contribution is 5.88. The van der Waals surface area contributed by atoms with E-state index in [0.717, 1.165) is 5.76 Å². The Hall–Kier alpha value is -1.33. The number of ether oxygens (including phenoxy) is 1. The van der Waals surface area contributed by atoms with Crippen LogP contribution < -0.4 is 11.1 Å². The monoisotopic (exact) mass is 266 g/mol. The van der Waals surface area contributed by atoms with E-state index in [2.05, 4.69) is 5.32 Å². The van der Waals surface area contributed by atoms with Crippen LogP contribution in [0.25, 0.3) is 0 Å². The van der Waals surface area contributed by atoms with Gasteiger partial charge >= 0.3 is 0 Å².